The van der Waals surface area contributed by atoms with E-state index in [2.05, 4.69) is 38.1 Å². The minimum Gasteiger partial charge on any atom is -0.458 e. The lowest BCUT2D eigenvalue weighted by atomic mass is 9.90. The van der Waals surface area contributed by atoms with Crippen LogP contribution in [0.2, 0.25) is 0 Å². The van der Waals surface area contributed by atoms with Crippen LogP contribution in [0.3, 0.4) is 0 Å². The molecule has 0 saturated heterocycles. The van der Waals surface area contributed by atoms with Gasteiger partial charge < -0.3 is 37.9 Å². The van der Waals surface area contributed by atoms with E-state index in [1.165, 1.54) is 22.3 Å². The molecule has 0 aliphatic carbocycles. The van der Waals surface area contributed by atoms with E-state index in [1.54, 1.807) is 0 Å². The van der Waals surface area contributed by atoms with Gasteiger partial charge in [0.1, 0.15) is 48.8 Å². The Hall–Kier alpha value is -10.5. The number of aryl methyl sites for hydroxylation is 4. The molecule has 132 heavy (non-hydrogen) atoms. The van der Waals surface area contributed by atoms with Crippen LogP contribution in [0, 0.1) is 73.0 Å². The molecule has 12 atom stereocenters. The van der Waals surface area contributed by atoms with Crippen molar-refractivity contribution in [1.29, 1.82) is 0 Å². The Bertz CT molecular complexity index is 4520. The summed E-state index contributed by atoms with van der Waals surface area (Å²) >= 11 is 0. The summed E-state index contributed by atoms with van der Waals surface area (Å²) < 4.78 is 44.0. The molecule has 0 spiro atoms. The van der Waals surface area contributed by atoms with Crippen molar-refractivity contribution in [2.75, 3.05) is 0 Å². The van der Waals surface area contributed by atoms with Gasteiger partial charge in [-0.1, -0.05) is 351 Å². The zero-order chi connectivity index (χ0) is 100. The highest BCUT2D eigenvalue weighted by molar-refractivity contribution is 5.78. The van der Waals surface area contributed by atoms with Gasteiger partial charge in [0.15, 0.2) is 0 Å². The zero-order valence-electron chi connectivity index (χ0n) is 86.7. The van der Waals surface area contributed by atoms with Crippen LogP contribution in [-0.4, -0.2) is 47.8 Å². The summed E-state index contributed by atoms with van der Waals surface area (Å²) in [7, 11) is 0. The van der Waals surface area contributed by atoms with Gasteiger partial charge in [-0.3, -0.25) is 38.4 Å². The molecule has 0 aliphatic rings. The van der Waals surface area contributed by atoms with Crippen LogP contribution in [0.25, 0.3) is 0 Å². The molecule has 12 unspecified atom stereocenters. The average molecular weight is 1820 g/mol. The van der Waals surface area contributed by atoms with Gasteiger partial charge in [-0.2, -0.15) is 0 Å². The fourth-order valence-corrected chi connectivity index (χ4v) is 11.4. The first kappa shape index (κ1) is 120. The predicted molar refractivity (Wildman–Crippen MR) is 539 cm³/mol. The number of ether oxygens (including phenoxy) is 8. The van der Waals surface area contributed by atoms with Crippen LogP contribution < -0.4 is 0 Å². The maximum atomic E-state index is 12.1. The monoisotopic (exact) mass is 1820 g/mol. The normalized spacial score (nSPS) is 13.7. The van der Waals surface area contributed by atoms with E-state index in [0.29, 0.717) is 0 Å². The smallest absolute Gasteiger partial charge is 0.312 e. The Morgan fingerprint density at radius 3 is 0.561 bits per heavy atom. The van der Waals surface area contributed by atoms with Gasteiger partial charge in [-0.15, -0.1) is 0 Å². The highest BCUT2D eigenvalue weighted by Crippen LogP contribution is 2.34. The molecule has 0 bridgehead atoms. The van der Waals surface area contributed by atoms with Crippen LogP contribution in [0.4, 0.5) is 0 Å². The predicted octanol–water partition coefficient (Wildman–Crippen LogP) is 31.0. The Morgan fingerprint density at radius 1 is 0.205 bits per heavy atom. The molecule has 0 amide bonds. The van der Waals surface area contributed by atoms with Crippen LogP contribution >= 0.6 is 0 Å². The molecule has 0 radical (unpaired) electrons. The topological polar surface area (TPSA) is 210 Å². The number of carbonyl (C=O) groups excluding carboxylic acids is 8. The van der Waals surface area contributed by atoms with E-state index < -0.39 is 21.7 Å². The maximum absolute atomic E-state index is 12.1. The van der Waals surface area contributed by atoms with E-state index in [4.69, 9.17) is 37.9 Å². The number of esters is 8. The summed E-state index contributed by atoms with van der Waals surface area (Å²) in [6, 6.07) is 71.9. The minimum atomic E-state index is -0.405. The number of hydrogen-bond acceptors (Lipinski definition) is 16. The third-order valence-electron chi connectivity index (χ3n) is 24.3. The number of benzene rings is 8. The SMILES string of the molecule is CCC(C)(C)C(=O)OC(C)c1ccc(C)cc1.CCC(C)(C)C(=O)OC(C)c1ccccc1.CCC(C)C(=O)OC(C)c1ccc(C)cc1.CCC(C)C(=O)OC(C)c1ccccc1.CCC(C)C(=O)OC(CC)c1ccc(C)cc1.CCC(C)C(=O)OC(CC)c1ccccc1.CCC(OC(=O)C(C)(C)CC)c1ccc(C)cc1.CCC(OC(=O)C(C)(C)CC)c1ccccc1. The second-order valence-electron chi connectivity index (χ2n) is 37.0. The van der Waals surface area contributed by atoms with Crippen LogP contribution in [0.5, 0.6) is 0 Å². The van der Waals surface area contributed by atoms with Crippen LogP contribution in [0.15, 0.2) is 218 Å². The van der Waals surface area contributed by atoms with E-state index in [1.807, 2.05) is 402 Å². The fourth-order valence-electron chi connectivity index (χ4n) is 11.4. The average Bonchev–Trinajstić information content (AvgIpc) is 0.865. The van der Waals surface area contributed by atoms with Gasteiger partial charge in [-0.25, -0.2) is 0 Å². The number of rotatable bonds is 36. The summed E-state index contributed by atoms with van der Waals surface area (Å²) in [5.41, 5.74) is 11.7. The lowest BCUT2D eigenvalue weighted by Gasteiger charge is -2.25. The zero-order valence-corrected chi connectivity index (χ0v) is 86.7. The first-order valence-corrected chi connectivity index (χ1v) is 48.3. The highest BCUT2D eigenvalue weighted by atomic mass is 16.6. The molecular weight excluding hydrogens is 1650 g/mol. The Balaban J connectivity index is 0.000000755. The standard InChI is InChI=1S/C16H24O2.3C15H22O2.3C14H20O2.C13H18O2/c1-6-14(13-10-8-12(3)9-11-13)18-15(17)16(4,5)7-2;1-6-15(4,5)14(16)17-12(3)13-9-7-11(2)8-10-13;1-5-12(4)15(16)17-14(6-2)13-9-7-11(3)8-10-13;1-5-13(12-10-8-7-9-11-12)17-14(16)15(3,4)6-2;1-5-11(3)14(15)16-12(4)13-8-6-10(2)7-9-13;1-5-14(3,4)13(15)16-11(2)12-9-7-6-8-10-12;1-4-11(3)14(15)16-13(5-2)12-9-7-6-8-10-12;1-4-10(2)13(14)15-11(3)12-8-6-5-7-9-12/h8-11,14H,6-7H2,1-5H3;7-10,12H,6H2,1-5H3;7-10,12,14H,5-6H2,1-4H3;7-11,13H,5-6H2,1-4H3;6-9,11-12H,5H2,1-4H3;6-11H,5H2,1-4H3;6-11,13H,4-5H2,1-3H3;5-11H,4H2,1-3H3. The molecule has 16 nitrogen and oxygen atoms in total. The molecule has 8 rings (SSSR count). The van der Waals surface area contributed by atoms with Gasteiger partial charge in [0.25, 0.3) is 0 Å². The second kappa shape index (κ2) is 62.8. The molecular formula is C116H168O16. The Kier molecular flexibility index (Phi) is 56.9. The van der Waals surface area contributed by atoms with E-state index in [0.717, 1.165) is 122 Å². The number of hydrogen-bond donors (Lipinski definition) is 0. The van der Waals surface area contributed by atoms with Crippen molar-refractivity contribution in [3.63, 3.8) is 0 Å². The van der Waals surface area contributed by atoms with Gasteiger partial charge in [-0.05, 0) is 232 Å². The lowest BCUT2D eigenvalue weighted by molar-refractivity contribution is -0.161. The number of carbonyl (C=O) groups is 8. The Labute approximate surface area is 797 Å². The van der Waals surface area contributed by atoms with E-state index >= 15 is 0 Å². The maximum Gasteiger partial charge on any atom is 0.312 e. The molecule has 16 heteroatoms. The molecule has 728 valence electrons. The van der Waals surface area contributed by atoms with Gasteiger partial charge in [0, 0.05) is 0 Å². The van der Waals surface area contributed by atoms with Crippen LogP contribution in [0.1, 0.15) is 387 Å². The van der Waals surface area contributed by atoms with Crippen molar-refractivity contribution >= 4 is 47.8 Å². The second-order valence-corrected chi connectivity index (χ2v) is 37.0. The third-order valence-corrected chi connectivity index (χ3v) is 24.3. The van der Waals surface area contributed by atoms with Gasteiger partial charge in [0.2, 0.25) is 0 Å². The van der Waals surface area contributed by atoms with Crippen molar-refractivity contribution in [3.8, 4) is 0 Å². The molecule has 0 saturated carbocycles. The molecule has 0 heterocycles. The van der Waals surface area contributed by atoms with Gasteiger partial charge >= 0.3 is 47.8 Å². The van der Waals surface area contributed by atoms with E-state index in [-0.39, 0.29) is 120 Å². The summed E-state index contributed by atoms with van der Waals surface area (Å²) in [4.78, 5) is 94.5. The fraction of sp³-hybridized carbons (Fsp3) is 0.517. The molecule has 0 aliphatic heterocycles. The largest absolute Gasteiger partial charge is 0.458 e. The van der Waals surface area contributed by atoms with Gasteiger partial charge in [0.05, 0.1) is 45.3 Å². The molecule has 0 fully saturated rings. The molecule has 0 N–H and O–H groups in total. The summed E-state index contributed by atoms with van der Waals surface area (Å²) in [6.45, 7) is 62.9. The van der Waals surface area contributed by atoms with Crippen molar-refractivity contribution in [3.05, 3.63) is 285 Å². The van der Waals surface area contributed by atoms with Crippen molar-refractivity contribution in [2.24, 2.45) is 45.3 Å². The molecule has 8 aromatic carbocycles. The summed E-state index contributed by atoms with van der Waals surface area (Å²) in [5.74, 6) is -0.994. The lowest BCUT2D eigenvalue weighted by Crippen LogP contribution is -2.27. The highest BCUT2D eigenvalue weighted by Gasteiger charge is 2.34. The Morgan fingerprint density at radius 2 is 0.364 bits per heavy atom. The van der Waals surface area contributed by atoms with Crippen molar-refractivity contribution in [1.82, 2.24) is 0 Å². The van der Waals surface area contributed by atoms with Crippen molar-refractivity contribution < 1.29 is 76.3 Å². The summed E-state index contributed by atoms with van der Waals surface area (Å²) in [6.07, 6.45) is 8.48. The molecule has 8 aromatic rings. The summed E-state index contributed by atoms with van der Waals surface area (Å²) in [5, 5.41) is 0. The first-order valence-electron chi connectivity index (χ1n) is 48.3. The van der Waals surface area contributed by atoms with Crippen LogP contribution in [-0.2, 0) is 76.3 Å². The molecule has 0 aromatic heterocycles. The van der Waals surface area contributed by atoms with E-state index in [9.17, 15) is 38.4 Å². The first-order chi connectivity index (χ1) is 62.2. The quantitative estimate of drug-likeness (QED) is 0.0264. The van der Waals surface area contributed by atoms with Crippen molar-refractivity contribution in [2.45, 2.75) is 347 Å². The third kappa shape index (κ3) is 44.8. The minimum absolute atomic E-state index is 0.0160.